The second-order valence-corrected chi connectivity index (χ2v) is 8.78. The van der Waals surface area contributed by atoms with E-state index in [0.29, 0.717) is 6.54 Å². The van der Waals surface area contributed by atoms with Crippen LogP contribution in [-0.2, 0) is 15.1 Å². The minimum atomic E-state index is -4.67. The van der Waals surface area contributed by atoms with Crippen LogP contribution in [0.15, 0.2) is 11.0 Å². The van der Waals surface area contributed by atoms with Crippen LogP contribution in [0.3, 0.4) is 0 Å². The normalized spacial score (nSPS) is 21.0. The molecule has 2 atom stereocenters. The molecule has 0 bridgehead atoms. The summed E-state index contributed by atoms with van der Waals surface area (Å²) in [6.07, 6.45) is 1.07. The molecule has 7 N–H and O–H groups in total. The molecule has 4 rings (SSSR count). The summed E-state index contributed by atoms with van der Waals surface area (Å²) in [6.45, 7) is 2.89. The van der Waals surface area contributed by atoms with Crippen LogP contribution in [0, 0.1) is 17.6 Å². The molecule has 15 heteroatoms. The van der Waals surface area contributed by atoms with Gasteiger partial charge in [-0.1, -0.05) is 6.92 Å². The number of carboxylic acids is 1. The lowest BCUT2D eigenvalue weighted by molar-refractivity contribution is -0.0219. The fourth-order valence-electron chi connectivity index (χ4n) is 3.83. The Bertz CT molecular complexity index is 1260. The average molecular weight is 492 g/mol. The van der Waals surface area contributed by atoms with Crippen molar-refractivity contribution in [2.24, 2.45) is 11.7 Å². The van der Waals surface area contributed by atoms with Gasteiger partial charge in [-0.25, -0.2) is 13.6 Å². The topological polar surface area (TPSA) is 198 Å². The highest BCUT2D eigenvalue weighted by Crippen LogP contribution is 2.38. The lowest BCUT2D eigenvalue weighted by Crippen LogP contribution is -2.34. The van der Waals surface area contributed by atoms with Crippen LogP contribution >= 0.6 is 0 Å². The van der Waals surface area contributed by atoms with Crippen molar-refractivity contribution in [1.82, 2.24) is 4.57 Å². The van der Waals surface area contributed by atoms with Gasteiger partial charge in [-0.3, -0.25) is 13.9 Å². The average Bonchev–Trinajstić information content (AvgIpc) is 2.96. The highest BCUT2D eigenvalue weighted by atomic mass is 32.3. The van der Waals surface area contributed by atoms with Crippen molar-refractivity contribution in [2.45, 2.75) is 19.0 Å². The van der Waals surface area contributed by atoms with Crippen LogP contribution in [0.25, 0.3) is 10.9 Å². The number of hydrogen-bond acceptors (Lipinski definition) is 8. The fraction of sp³-hybridized carbons (Fsp3) is 0.444. The number of halogens is 2. The van der Waals surface area contributed by atoms with Gasteiger partial charge in [0.25, 0.3) is 0 Å². The summed E-state index contributed by atoms with van der Waals surface area (Å²) < 4.78 is 68.7. The minimum absolute atomic E-state index is 0.0207. The second kappa shape index (κ2) is 8.83. The standard InChI is InChI=1S/C18H20F2N4O4.H2O4S/c1-7-2-23(4-10(7)21)16-12(19)14(22)11-15(13(16)20)24(8-5-28-6-8)3-9(17(11)25)18(26)27;1-5(2,3)4/h3,7-8,10H,2,4-6,21-22H2,1H3,(H,26,27);(H2,1,2,3,4)/t7-,10+;/m0./s1. The van der Waals surface area contributed by atoms with Crippen molar-refractivity contribution in [3.05, 3.63) is 33.6 Å². The van der Waals surface area contributed by atoms with Gasteiger partial charge in [-0.2, -0.15) is 8.42 Å². The number of fused-ring (bicyclic) bond motifs is 1. The van der Waals surface area contributed by atoms with Gasteiger partial charge in [-0.15, -0.1) is 0 Å². The van der Waals surface area contributed by atoms with E-state index in [1.165, 1.54) is 9.47 Å². The molecule has 0 spiro atoms. The third kappa shape index (κ3) is 4.77. The number of nitrogen functional groups attached to an aromatic ring is 1. The molecule has 33 heavy (non-hydrogen) atoms. The second-order valence-electron chi connectivity index (χ2n) is 7.88. The SMILES string of the molecule is C[C@H]1CN(c2c(F)c(N)c3c(=O)c(C(=O)O)cn(C4COC4)c3c2F)C[C@H]1N.O=S(=O)(O)O. The van der Waals surface area contributed by atoms with E-state index < -0.39 is 50.1 Å². The first kappa shape index (κ1) is 24.8. The number of pyridine rings is 1. The summed E-state index contributed by atoms with van der Waals surface area (Å²) in [5.74, 6) is -3.51. The summed E-state index contributed by atoms with van der Waals surface area (Å²) in [4.78, 5) is 25.6. The first-order chi connectivity index (χ1) is 15.2. The van der Waals surface area contributed by atoms with Gasteiger partial charge >= 0.3 is 16.4 Å². The molecule has 0 aliphatic carbocycles. The number of nitrogens with two attached hydrogens (primary N) is 2. The van der Waals surface area contributed by atoms with Gasteiger partial charge in [-0.05, 0) is 5.92 Å². The van der Waals surface area contributed by atoms with E-state index >= 15 is 8.78 Å². The maximum absolute atomic E-state index is 15.6. The van der Waals surface area contributed by atoms with Crippen LogP contribution in [-0.4, -0.2) is 65.5 Å². The summed E-state index contributed by atoms with van der Waals surface area (Å²) in [6, 6.07) is -0.638. The van der Waals surface area contributed by atoms with E-state index in [-0.39, 0.29) is 49.0 Å². The van der Waals surface area contributed by atoms with Gasteiger partial charge < -0.3 is 30.8 Å². The van der Waals surface area contributed by atoms with Crippen molar-refractivity contribution in [1.29, 1.82) is 0 Å². The minimum Gasteiger partial charge on any atom is -0.477 e. The molecule has 3 heterocycles. The number of nitrogens with zero attached hydrogens (tertiary/aromatic N) is 2. The first-order valence-corrected chi connectivity index (χ1v) is 11.0. The van der Waals surface area contributed by atoms with Crippen LogP contribution in [0.2, 0.25) is 0 Å². The summed E-state index contributed by atoms with van der Waals surface area (Å²) >= 11 is 0. The number of rotatable bonds is 3. The van der Waals surface area contributed by atoms with E-state index in [2.05, 4.69) is 0 Å². The molecule has 12 nitrogen and oxygen atoms in total. The zero-order chi connectivity index (χ0) is 24.8. The summed E-state index contributed by atoms with van der Waals surface area (Å²) in [5, 5.41) is 8.87. The molecule has 2 fully saturated rings. The molecule has 2 aromatic rings. The quantitative estimate of drug-likeness (QED) is 0.291. The highest BCUT2D eigenvalue weighted by molar-refractivity contribution is 7.79. The number of anilines is 2. The van der Waals surface area contributed by atoms with E-state index in [1.807, 2.05) is 6.92 Å². The Labute approximate surface area is 185 Å². The molecule has 0 radical (unpaired) electrons. The van der Waals surface area contributed by atoms with Gasteiger partial charge in [0.1, 0.15) is 11.3 Å². The Morgan fingerprint density at radius 3 is 2.21 bits per heavy atom. The van der Waals surface area contributed by atoms with Crippen molar-refractivity contribution in [3.63, 3.8) is 0 Å². The largest absolute Gasteiger partial charge is 0.477 e. The van der Waals surface area contributed by atoms with Crippen molar-refractivity contribution >= 4 is 38.6 Å². The molecule has 2 saturated heterocycles. The first-order valence-electron chi connectivity index (χ1n) is 9.59. The molecule has 1 aromatic carbocycles. The number of benzene rings is 1. The van der Waals surface area contributed by atoms with Gasteiger partial charge in [0.15, 0.2) is 11.6 Å². The van der Waals surface area contributed by atoms with E-state index in [9.17, 15) is 14.7 Å². The molecule has 182 valence electrons. The van der Waals surface area contributed by atoms with Crippen LogP contribution in [0.1, 0.15) is 23.3 Å². The fourth-order valence-corrected chi connectivity index (χ4v) is 3.83. The highest BCUT2D eigenvalue weighted by Gasteiger charge is 2.35. The smallest absolute Gasteiger partial charge is 0.394 e. The number of aromatic carboxylic acids is 1. The lowest BCUT2D eigenvalue weighted by atomic mass is 10.0. The van der Waals surface area contributed by atoms with Crippen LogP contribution < -0.4 is 21.8 Å². The number of hydrogen-bond donors (Lipinski definition) is 5. The van der Waals surface area contributed by atoms with Crippen molar-refractivity contribution in [3.8, 4) is 0 Å². The predicted molar refractivity (Wildman–Crippen MR) is 113 cm³/mol. The molecule has 1 aromatic heterocycles. The lowest BCUT2D eigenvalue weighted by Gasteiger charge is -2.31. The van der Waals surface area contributed by atoms with E-state index in [0.717, 1.165) is 6.20 Å². The third-order valence-electron chi connectivity index (χ3n) is 5.60. The number of carbonyl (C=O) groups is 1. The van der Waals surface area contributed by atoms with Gasteiger partial charge in [0.05, 0.1) is 35.8 Å². The number of ether oxygens (including phenoxy) is 1. The summed E-state index contributed by atoms with van der Waals surface area (Å²) in [7, 11) is -4.67. The van der Waals surface area contributed by atoms with Crippen LogP contribution in [0.5, 0.6) is 0 Å². The van der Waals surface area contributed by atoms with Crippen LogP contribution in [0.4, 0.5) is 20.2 Å². The zero-order valence-electron chi connectivity index (χ0n) is 17.2. The van der Waals surface area contributed by atoms with Crippen molar-refractivity contribution in [2.75, 3.05) is 36.9 Å². The molecular weight excluding hydrogens is 470 g/mol. The Balaban J connectivity index is 0.000000555. The Kier molecular flexibility index (Phi) is 6.63. The molecule has 0 saturated carbocycles. The molecule has 0 amide bonds. The Morgan fingerprint density at radius 1 is 1.21 bits per heavy atom. The monoisotopic (exact) mass is 492 g/mol. The summed E-state index contributed by atoms with van der Waals surface area (Å²) in [5.41, 5.74) is 9.12. The molecular formula is C18H22F2N4O8S. The zero-order valence-corrected chi connectivity index (χ0v) is 18.1. The predicted octanol–water partition coefficient (Wildman–Crippen LogP) is 0.262. The number of aromatic nitrogens is 1. The van der Waals surface area contributed by atoms with E-state index in [4.69, 9.17) is 33.7 Å². The van der Waals surface area contributed by atoms with Crippen molar-refractivity contribution < 1.29 is 40.9 Å². The maximum Gasteiger partial charge on any atom is 0.394 e. The van der Waals surface area contributed by atoms with Gasteiger partial charge in [0.2, 0.25) is 5.43 Å². The maximum atomic E-state index is 15.6. The van der Waals surface area contributed by atoms with E-state index in [1.54, 1.807) is 0 Å². The molecule has 2 aliphatic heterocycles. The number of carboxylic acid groups (broad SMARTS) is 1. The molecule has 0 unspecified atom stereocenters. The Morgan fingerprint density at radius 2 is 1.79 bits per heavy atom. The molecule has 2 aliphatic rings. The van der Waals surface area contributed by atoms with Gasteiger partial charge in [0, 0.05) is 25.3 Å². The Hall–Kier alpha value is -2.85. The third-order valence-corrected chi connectivity index (χ3v) is 5.60.